The second-order valence-corrected chi connectivity index (χ2v) is 7.53. The number of amides is 3. The number of urea groups is 1. The van der Waals surface area contributed by atoms with Crippen LogP contribution in [0.15, 0.2) is 88.9 Å². The molecular weight excluding hydrogens is 426 g/mol. The van der Waals surface area contributed by atoms with Gasteiger partial charge < -0.3 is 20.4 Å². The molecule has 2 aromatic carbocycles. The van der Waals surface area contributed by atoms with Crippen LogP contribution in [0.3, 0.4) is 0 Å². The number of carbonyl (C=O) groups is 2. The number of rotatable bonds is 7. The molecule has 3 amide bonds. The maximum Gasteiger partial charge on any atom is 0.319 e. The zero-order valence-electron chi connectivity index (χ0n) is 17.2. The van der Waals surface area contributed by atoms with E-state index in [1.807, 2.05) is 35.2 Å². The number of furan rings is 1. The third-order valence-electron chi connectivity index (χ3n) is 4.58. The topological polar surface area (TPSA) is 101 Å². The molecule has 0 unspecified atom stereocenters. The van der Waals surface area contributed by atoms with Gasteiger partial charge in [0.2, 0.25) is 0 Å². The summed E-state index contributed by atoms with van der Waals surface area (Å²) in [5, 5.41) is 9.16. The van der Waals surface area contributed by atoms with E-state index in [9.17, 15) is 9.59 Å². The lowest BCUT2D eigenvalue weighted by Gasteiger charge is -2.10. The summed E-state index contributed by atoms with van der Waals surface area (Å²) in [5.41, 5.74) is 2.61. The first-order chi connectivity index (χ1) is 15.6. The van der Waals surface area contributed by atoms with Crippen LogP contribution < -0.4 is 16.0 Å². The van der Waals surface area contributed by atoms with Gasteiger partial charge in [0, 0.05) is 35.0 Å². The Morgan fingerprint density at radius 2 is 1.81 bits per heavy atom. The number of anilines is 2. The van der Waals surface area contributed by atoms with Crippen molar-refractivity contribution in [1.29, 1.82) is 0 Å². The van der Waals surface area contributed by atoms with Crippen LogP contribution in [-0.4, -0.2) is 27.7 Å². The fraction of sp³-hybridized carbons (Fsp3) is 0.0870. The molecule has 3 N–H and O–H groups in total. The molecule has 8 nitrogen and oxygen atoms in total. The van der Waals surface area contributed by atoms with Gasteiger partial charge in [-0.2, -0.15) is 0 Å². The SMILES string of the molecule is CSc1nccn1-c1cccc(C(=O)Nc2ccc(NC(=O)NCc3ccco3)cc2)c1. The molecule has 0 saturated heterocycles. The Hall–Kier alpha value is -3.98. The average molecular weight is 448 g/mol. The summed E-state index contributed by atoms with van der Waals surface area (Å²) in [6, 6.07) is 17.4. The van der Waals surface area contributed by atoms with E-state index in [4.69, 9.17) is 4.42 Å². The molecule has 0 saturated carbocycles. The Morgan fingerprint density at radius 3 is 2.53 bits per heavy atom. The highest BCUT2D eigenvalue weighted by Crippen LogP contribution is 2.20. The lowest BCUT2D eigenvalue weighted by Crippen LogP contribution is -2.27. The zero-order valence-corrected chi connectivity index (χ0v) is 18.1. The van der Waals surface area contributed by atoms with E-state index in [0.29, 0.717) is 29.2 Å². The highest BCUT2D eigenvalue weighted by molar-refractivity contribution is 7.98. The van der Waals surface area contributed by atoms with Crippen molar-refractivity contribution < 1.29 is 14.0 Å². The van der Waals surface area contributed by atoms with Crippen LogP contribution in [0.1, 0.15) is 16.1 Å². The van der Waals surface area contributed by atoms with Crippen LogP contribution in [0, 0.1) is 0 Å². The number of carbonyl (C=O) groups excluding carboxylic acids is 2. The molecule has 0 radical (unpaired) electrons. The molecule has 2 heterocycles. The van der Waals surface area contributed by atoms with Gasteiger partial charge in [-0.3, -0.25) is 9.36 Å². The van der Waals surface area contributed by atoms with Crippen molar-refractivity contribution in [2.24, 2.45) is 0 Å². The van der Waals surface area contributed by atoms with E-state index >= 15 is 0 Å². The van der Waals surface area contributed by atoms with Crippen molar-refractivity contribution in [3.8, 4) is 5.69 Å². The minimum absolute atomic E-state index is 0.227. The first-order valence-electron chi connectivity index (χ1n) is 9.79. The van der Waals surface area contributed by atoms with Crippen LogP contribution in [0.4, 0.5) is 16.2 Å². The number of imidazole rings is 1. The van der Waals surface area contributed by atoms with Gasteiger partial charge in [-0.15, -0.1) is 0 Å². The number of hydrogen-bond acceptors (Lipinski definition) is 5. The molecule has 0 atom stereocenters. The fourth-order valence-electron chi connectivity index (χ4n) is 3.03. The Bertz CT molecular complexity index is 1200. The summed E-state index contributed by atoms with van der Waals surface area (Å²) in [6.45, 7) is 0.295. The van der Waals surface area contributed by atoms with Crippen LogP contribution in [-0.2, 0) is 6.54 Å². The van der Waals surface area contributed by atoms with Crippen LogP contribution >= 0.6 is 11.8 Å². The van der Waals surface area contributed by atoms with E-state index in [0.717, 1.165) is 10.8 Å². The third kappa shape index (κ3) is 5.19. The van der Waals surface area contributed by atoms with Gasteiger partial charge in [0.05, 0.1) is 12.8 Å². The summed E-state index contributed by atoms with van der Waals surface area (Å²) in [7, 11) is 0. The van der Waals surface area contributed by atoms with Gasteiger partial charge in [-0.25, -0.2) is 9.78 Å². The van der Waals surface area contributed by atoms with E-state index in [2.05, 4.69) is 20.9 Å². The van der Waals surface area contributed by atoms with Crippen molar-refractivity contribution in [1.82, 2.24) is 14.9 Å². The minimum Gasteiger partial charge on any atom is -0.467 e. The Balaban J connectivity index is 1.35. The van der Waals surface area contributed by atoms with Gasteiger partial charge in [-0.05, 0) is 60.9 Å². The van der Waals surface area contributed by atoms with Crippen molar-refractivity contribution in [2.45, 2.75) is 11.7 Å². The second-order valence-electron chi connectivity index (χ2n) is 6.75. The summed E-state index contributed by atoms with van der Waals surface area (Å²) in [4.78, 5) is 29.0. The third-order valence-corrected chi connectivity index (χ3v) is 5.25. The van der Waals surface area contributed by atoms with Crippen LogP contribution in [0.2, 0.25) is 0 Å². The smallest absolute Gasteiger partial charge is 0.319 e. The second kappa shape index (κ2) is 9.88. The van der Waals surface area contributed by atoms with E-state index in [-0.39, 0.29) is 11.9 Å². The summed E-state index contributed by atoms with van der Waals surface area (Å²) < 4.78 is 7.10. The Morgan fingerprint density at radius 1 is 1.03 bits per heavy atom. The summed E-state index contributed by atoms with van der Waals surface area (Å²) in [5.74, 6) is 0.439. The average Bonchev–Trinajstić information content (AvgIpc) is 3.51. The molecular formula is C23H21N5O3S. The molecule has 4 aromatic rings. The van der Waals surface area contributed by atoms with Crippen molar-refractivity contribution in [3.05, 3.63) is 90.6 Å². The van der Waals surface area contributed by atoms with Gasteiger partial charge in [0.1, 0.15) is 5.76 Å². The fourth-order valence-corrected chi connectivity index (χ4v) is 3.56. The van der Waals surface area contributed by atoms with Crippen molar-refractivity contribution in [3.63, 3.8) is 0 Å². The standard InChI is InChI=1S/C23H21N5O3S/c1-32-23-24-11-12-28(23)19-5-2-4-16(14-19)21(29)26-17-7-9-18(10-8-17)27-22(30)25-15-20-6-3-13-31-20/h2-14H,15H2,1H3,(H,26,29)(H2,25,27,30). The highest BCUT2D eigenvalue weighted by atomic mass is 32.2. The molecule has 9 heteroatoms. The monoisotopic (exact) mass is 447 g/mol. The van der Waals surface area contributed by atoms with Gasteiger partial charge in [0.25, 0.3) is 5.91 Å². The number of aromatic nitrogens is 2. The van der Waals surface area contributed by atoms with Gasteiger partial charge in [-0.1, -0.05) is 17.8 Å². The molecule has 4 rings (SSSR count). The number of hydrogen-bond donors (Lipinski definition) is 3. The lowest BCUT2D eigenvalue weighted by atomic mass is 10.1. The normalized spacial score (nSPS) is 10.5. The van der Waals surface area contributed by atoms with Crippen molar-refractivity contribution in [2.75, 3.05) is 16.9 Å². The molecule has 0 aliphatic heterocycles. The first kappa shape index (κ1) is 21.3. The number of benzene rings is 2. The van der Waals surface area contributed by atoms with E-state index in [1.165, 1.54) is 11.8 Å². The number of thioether (sulfide) groups is 1. The molecule has 0 fully saturated rings. The zero-order chi connectivity index (χ0) is 22.3. The van der Waals surface area contributed by atoms with E-state index in [1.54, 1.807) is 54.9 Å². The van der Waals surface area contributed by atoms with Crippen LogP contribution in [0.25, 0.3) is 5.69 Å². The predicted molar refractivity (Wildman–Crippen MR) is 124 cm³/mol. The number of nitrogens with zero attached hydrogens (tertiary/aromatic N) is 2. The lowest BCUT2D eigenvalue weighted by molar-refractivity contribution is 0.102. The number of nitrogens with one attached hydrogen (secondary N) is 3. The predicted octanol–water partition coefficient (Wildman–Crippen LogP) is 4.76. The molecule has 0 bridgehead atoms. The molecule has 162 valence electrons. The molecule has 0 aliphatic carbocycles. The molecule has 32 heavy (non-hydrogen) atoms. The Kier molecular flexibility index (Phi) is 6.57. The van der Waals surface area contributed by atoms with Gasteiger partial charge in [0.15, 0.2) is 5.16 Å². The quantitative estimate of drug-likeness (QED) is 0.355. The minimum atomic E-state index is -0.348. The molecule has 2 aromatic heterocycles. The molecule has 0 aliphatic rings. The maximum absolute atomic E-state index is 12.7. The maximum atomic E-state index is 12.7. The summed E-state index contributed by atoms with van der Waals surface area (Å²) in [6.07, 6.45) is 7.10. The first-order valence-corrected chi connectivity index (χ1v) is 11.0. The van der Waals surface area contributed by atoms with Crippen LogP contribution in [0.5, 0.6) is 0 Å². The van der Waals surface area contributed by atoms with Gasteiger partial charge >= 0.3 is 6.03 Å². The largest absolute Gasteiger partial charge is 0.467 e. The molecule has 0 spiro atoms. The highest BCUT2D eigenvalue weighted by Gasteiger charge is 2.10. The summed E-state index contributed by atoms with van der Waals surface area (Å²) >= 11 is 1.53. The van der Waals surface area contributed by atoms with Crippen molar-refractivity contribution >= 4 is 35.1 Å². The van der Waals surface area contributed by atoms with E-state index < -0.39 is 0 Å². The Labute approximate surface area is 189 Å².